The van der Waals surface area contributed by atoms with Crippen molar-refractivity contribution in [3.63, 3.8) is 0 Å². The lowest BCUT2D eigenvalue weighted by molar-refractivity contribution is -0.147. The Morgan fingerprint density at radius 2 is 1.78 bits per heavy atom. The standard InChI is InChI=1S/C26H35N3O7/c1-16(2)27-21(30)13-18(24(34)35)14-26(11-5-6-12-26)25(36)28-19-10-9-17-7-3-4-8-20(17)29(23(19)33)15-22(31)32/h3-4,7-8,16,18-19H,5-6,9-15H2,1-2H3,(H,27,30)(H,28,36)(H,31,32)(H,34,35)/t18?,19-/m0/s1. The molecular weight excluding hydrogens is 466 g/mol. The zero-order chi connectivity index (χ0) is 26.5. The summed E-state index contributed by atoms with van der Waals surface area (Å²) in [7, 11) is 0. The van der Waals surface area contributed by atoms with Crippen LogP contribution in [0.5, 0.6) is 0 Å². The van der Waals surface area contributed by atoms with Crippen LogP contribution in [0.25, 0.3) is 0 Å². The largest absolute Gasteiger partial charge is 0.481 e. The Bertz CT molecular complexity index is 1020. The number of hydrogen-bond donors (Lipinski definition) is 4. The van der Waals surface area contributed by atoms with Crippen LogP contribution in [-0.2, 0) is 30.4 Å². The van der Waals surface area contributed by atoms with E-state index in [9.17, 15) is 34.2 Å². The monoisotopic (exact) mass is 501 g/mol. The van der Waals surface area contributed by atoms with Crippen molar-refractivity contribution in [3.8, 4) is 0 Å². The second-order valence-corrected chi connectivity index (χ2v) is 10.2. The number of carboxylic acids is 2. The van der Waals surface area contributed by atoms with Gasteiger partial charge in [0.05, 0.1) is 11.3 Å². The second kappa shape index (κ2) is 11.5. The van der Waals surface area contributed by atoms with Gasteiger partial charge >= 0.3 is 11.9 Å². The molecule has 0 bridgehead atoms. The van der Waals surface area contributed by atoms with E-state index in [4.69, 9.17) is 0 Å². The Kier molecular flexibility index (Phi) is 8.70. The first kappa shape index (κ1) is 27.2. The Hall–Kier alpha value is -3.43. The predicted octanol–water partition coefficient (Wildman–Crippen LogP) is 2.10. The van der Waals surface area contributed by atoms with Gasteiger partial charge in [-0.05, 0) is 57.6 Å². The maximum Gasteiger partial charge on any atom is 0.323 e. The molecule has 36 heavy (non-hydrogen) atoms. The molecule has 1 saturated carbocycles. The predicted molar refractivity (Wildman–Crippen MR) is 131 cm³/mol. The third-order valence-corrected chi connectivity index (χ3v) is 7.06. The second-order valence-electron chi connectivity index (χ2n) is 10.2. The molecule has 1 unspecified atom stereocenters. The van der Waals surface area contributed by atoms with Gasteiger partial charge in [-0.3, -0.25) is 28.9 Å². The maximum absolute atomic E-state index is 13.6. The minimum atomic E-state index is -1.17. The highest BCUT2D eigenvalue weighted by atomic mass is 16.4. The van der Waals surface area contributed by atoms with E-state index in [1.54, 1.807) is 26.0 Å². The fraction of sp³-hybridized carbons (Fsp3) is 0.577. The van der Waals surface area contributed by atoms with Gasteiger partial charge in [-0.2, -0.15) is 0 Å². The van der Waals surface area contributed by atoms with E-state index in [0.29, 0.717) is 31.4 Å². The van der Waals surface area contributed by atoms with Crippen molar-refractivity contribution in [2.24, 2.45) is 11.3 Å². The van der Waals surface area contributed by atoms with Crippen LogP contribution in [-0.4, -0.2) is 58.5 Å². The molecule has 1 aromatic rings. The first-order chi connectivity index (χ1) is 17.0. The number of hydrogen-bond acceptors (Lipinski definition) is 5. The van der Waals surface area contributed by atoms with E-state index in [0.717, 1.165) is 18.4 Å². The fourth-order valence-corrected chi connectivity index (χ4v) is 5.36. The van der Waals surface area contributed by atoms with Gasteiger partial charge in [0.1, 0.15) is 12.6 Å². The average molecular weight is 502 g/mol. The molecule has 3 rings (SSSR count). The third-order valence-electron chi connectivity index (χ3n) is 7.06. The summed E-state index contributed by atoms with van der Waals surface area (Å²) in [5, 5.41) is 24.7. The number of benzene rings is 1. The minimum absolute atomic E-state index is 0.000339. The number of amides is 3. The van der Waals surface area contributed by atoms with Gasteiger partial charge in [0.15, 0.2) is 0 Å². The van der Waals surface area contributed by atoms with Crippen molar-refractivity contribution in [3.05, 3.63) is 29.8 Å². The summed E-state index contributed by atoms with van der Waals surface area (Å²) >= 11 is 0. The van der Waals surface area contributed by atoms with Crippen molar-refractivity contribution >= 4 is 35.3 Å². The van der Waals surface area contributed by atoms with E-state index in [2.05, 4.69) is 10.6 Å². The number of nitrogens with one attached hydrogen (secondary N) is 2. The molecule has 1 aliphatic heterocycles. The summed E-state index contributed by atoms with van der Waals surface area (Å²) in [6.07, 6.45) is 2.96. The molecule has 10 nitrogen and oxygen atoms in total. The highest BCUT2D eigenvalue weighted by molar-refractivity contribution is 6.03. The maximum atomic E-state index is 13.6. The normalized spacial score (nSPS) is 19.8. The van der Waals surface area contributed by atoms with E-state index >= 15 is 0 Å². The molecular formula is C26H35N3O7. The van der Waals surface area contributed by atoms with E-state index in [1.807, 2.05) is 12.1 Å². The highest BCUT2D eigenvalue weighted by Gasteiger charge is 2.46. The molecule has 10 heteroatoms. The zero-order valence-corrected chi connectivity index (χ0v) is 20.8. The number of aryl methyl sites for hydroxylation is 1. The summed E-state index contributed by atoms with van der Waals surface area (Å²) < 4.78 is 0. The summed E-state index contributed by atoms with van der Waals surface area (Å²) in [5.74, 6) is -4.63. The summed E-state index contributed by atoms with van der Waals surface area (Å²) in [6.45, 7) is 3.05. The van der Waals surface area contributed by atoms with Crippen LogP contribution in [0.1, 0.15) is 64.4 Å². The lowest BCUT2D eigenvalue weighted by atomic mass is 9.75. The number of fused-ring (bicyclic) bond motifs is 1. The van der Waals surface area contributed by atoms with Crippen LogP contribution in [0.4, 0.5) is 5.69 Å². The molecule has 4 N–H and O–H groups in total. The number of carbonyl (C=O) groups excluding carboxylic acids is 3. The minimum Gasteiger partial charge on any atom is -0.481 e. The topological polar surface area (TPSA) is 153 Å². The van der Waals surface area contributed by atoms with Crippen molar-refractivity contribution in [1.29, 1.82) is 0 Å². The van der Waals surface area contributed by atoms with Crippen LogP contribution >= 0.6 is 0 Å². The highest BCUT2D eigenvalue weighted by Crippen LogP contribution is 2.44. The molecule has 0 spiro atoms. The van der Waals surface area contributed by atoms with Crippen LogP contribution in [0.2, 0.25) is 0 Å². The van der Waals surface area contributed by atoms with E-state index in [1.165, 1.54) is 4.90 Å². The molecule has 0 aromatic heterocycles. The molecule has 1 aliphatic carbocycles. The Morgan fingerprint density at radius 3 is 2.39 bits per heavy atom. The molecule has 2 aliphatic rings. The Morgan fingerprint density at radius 1 is 1.11 bits per heavy atom. The van der Waals surface area contributed by atoms with Gasteiger partial charge < -0.3 is 20.8 Å². The number of carboxylic acid groups (broad SMARTS) is 2. The zero-order valence-electron chi connectivity index (χ0n) is 20.8. The molecule has 3 amide bonds. The Labute approximate surface area is 210 Å². The van der Waals surface area contributed by atoms with Gasteiger partial charge in [0, 0.05) is 18.2 Å². The van der Waals surface area contributed by atoms with Crippen molar-refractivity contribution in [2.75, 3.05) is 11.4 Å². The number of nitrogens with zero attached hydrogens (tertiary/aromatic N) is 1. The summed E-state index contributed by atoms with van der Waals surface area (Å²) in [5.41, 5.74) is 0.332. The van der Waals surface area contributed by atoms with E-state index in [-0.39, 0.29) is 24.8 Å². The third kappa shape index (κ3) is 6.41. The fourth-order valence-electron chi connectivity index (χ4n) is 5.36. The lowest BCUT2D eigenvalue weighted by Crippen LogP contribution is -2.53. The molecule has 1 fully saturated rings. The first-order valence-corrected chi connectivity index (χ1v) is 12.5. The van der Waals surface area contributed by atoms with Gasteiger partial charge in [-0.1, -0.05) is 31.0 Å². The number of aliphatic carboxylic acids is 2. The first-order valence-electron chi connectivity index (χ1n) is 12.5. The number of anilines is 1. The van der Waals surface area contributed by atoms with E-state index < -0.39 is 47.7 Å². The quantitative estimate of drug-likeness (QED) is 0.383. The smallest absolute Gasteiger partial charge is 0.323 e. The average Bonchev–Trinajstić information content (AvgIpc) is 3.24. The number of para-hydroxylation sites is 1. The lowest BCUT2D eigenvalue weighted by Gasteiger charge is -2.33. The van der Waals surface area contributed by atoms with Gasteiger partial charge in [0.25, 0.3) is 0 Å². The van der Waals surface area contributed by atoms with Crippen LogP contribution in [0.15, 0.2) is 24.3 Å². The molecule has 196 valence electrons. The molecule has 0 saturated heterocycles. The van der Waals surface area contributed by atoms with Crippen molar-refractivity contribution in [1.82, 2.24) is 10.6 Å². The number of carbonyl (C=O) groups is 5. The van der Waals surface area contributed by atoms with Gasteiger partial charge in [0.2, 0.25) is 17.7 Å². The molecule has 1 heterocycles. The summed E-state index contributed by atoms with van der Waals surface area (Å²) in [6, 6.07) is 6.01. The number of rotatable bonds is 10. The van der Waals surface area contributed by atoms with Crippen molar-refractivity contribution in [2.45, 2.75) is 77.3 Å². The Balaban J connectivity index is 1.80. The van der Waals surface area contributed by atoms with Crippen molar-refractivity contribution < 1.29 is 34.2 Å². The van der Waals surface area contributed by atoms with Crippen LogP contribution in [0.3, 0.4) is 0 Å². The van der Waals surface area contributed by atoms with Crippen LogP contribution < -0.4 is 15.5 Å². The molecule has 1 aromatic carbocycles. The van der Waals surface area contributed by atoms with Gasteiger partial charge in [-0.15, -0.1) is 0 Å². The van der Waals surface area contributed by atoms with Gasteiger partial charge in [-0.25, -0.2) is 0 Å². The summed E-state index contributed by atoms with van der Waals surface area (Å²) in [4.78, 5) is 64.0. The molecule has 0 radical (unpaired) electrons. The SMILES string of the molecule is CC(C)NC(=O)CC(CC1(C(=O)N[C@H]2CCc3ccccc3N(CC(=O)O)C2=O)CCCC1)C(=O)O. The molecule has 2 atom stereocenters. The van der Waals surface area contributed by atoms with Crippen LogP contribution in [0, 0.1) is 11.3 Å².